The van der Waals surface area contributed by atoms with Gasteiger partial charge in [0.25, 0.3) is 5.91 Å². The van der Waals surface area contributed by atoms with E-state index in [4.69, 9.17) is 21.1 Å². The smallest absolute Gasteiger partial charge is 0.254 e. The maximum atomic E-state index is 12.8. The van der Waals surface area contributed by atoms with E-state index in [9.17, 15) is 4.79 Å². The lowest BCUT2D eigenvalue weighted by Gasteiger charge is -2.35. The summed E-state index contributed by atoms with van der Waals surface area (Å²) in [6, 6.07) is 13.2. The molecule has 1 aliphatic heterocycles. The van der Waals surface area contributed by atoms with Crippen molar-refractivity contribution in [2.24, 2.45) is 0 Å². The molecule has 26 heavy (non-hydrogen) atoms. The molecule has 1 amide bonds. The van der Waals surface area contributed by atoms with E-state index >= 15 is 0 Å². The number of ether oxygens (including phenoxy) is 2. The molecule has 1 fully saturated rings. The number of hydrogen-bond acceptors (Lipinski definition) is 4. The molecule has 1 heterocycles. The topological polar surface area (TPSA) is 42.0 Å². The summed E-state index contributed by atoms with van der Waals surface area (Å²) in [4.78, 5) is 17.0. The maximum absolute atomic E-state index is 12.8. The summed E-state index contributed by atoms with van der Waals surface area (Å²) >= 11 is 5.93. The Balaban J connectivity index is 1.60. The van der Waals surface area contributed by atoms with Gasteiger partial charge in [0, 0.05) is 49.4 Å². The van der Waals surface area contributed by atoms with Gasteiger partial charge in [-0.3, -0.25) is 9.69 Å². The minimum atomic E-state index is 0.00772. The van der Waals surface area contributed by atoms with Gasteiger partial charge < -0.3 is 14.4 Å². The molecule has 6 heteroatoms. The van der Waals surface area contributed by atoms with Crippen molar-refractivity contribution >= 4 is 17.5 Å². The number of rotatable bonds is 5. The predicted molar refractivity (Wildman–Crippen MR) is 102 cm³/mol. The monoisotopic (exact) mass is 374 g/mol. The van der Waals surface area contributed by atoms with Crippen LogP contribution in [-0.2, 0) is 6.54 Å². The van der Waals surface area contributed by atoms with Crippen molar-refractivity contribution in [2.75, 3.05) is 40.4 Å². The highest BCUT2D eigenvalue weighted by atomic mass is 35.5. The first-order valence-electron chi connectivity index (χ1n) is 8.58. The quantitative estimate of drug-likeness (QED) is 0.805. The fraction of sp³-hybridized carbons (Fsp3) is 0.350. The van der Waals surface area contributed by atoms with Gasteiger partial charge >= 0.3 is 0 Å². The molecular weight excluding hydrogens is 352 g/mol. The molecule has 138 valence electrons. The Kier molecular flexibility index (Phi) is 6.01. The van der Waals surface area contributed by atoms with Crippen molar-refractivity contribution < 1.29 is 14.3 Å². The number of methoxy groups -OCH3 is 2. The molecule has 3 rings (SSSR count). The van der Waals surface area contributed by atoms with Gasteiger partial charge in [0.2, 0.25) is 0 Å². The number of amides is 1. The van der Waals surface area contributed by atoms with Crippen LogP contribution in [0, 0.1) is 0 Å². The summed E-state index contributed by atoms with van der Waals surface area (Å²) in [6.07, 6.45) is 0. The molecule has 0 spiro atoms. The third kappa shape index (κ3) is 4.48. The Morgan fingerprint density at radius 1 is 0.962 bits per heavy atom. The van der Waals surface area contributed by atoms with E-state index in [1.807, 2.05) is 29.2 Å². The summed E-state index contributed by atoms with van der Waals surface area (Å²) in [6.45, 7) is 3.95. The first kappa shape index (κ1) is 18.5. The highest BCUT2D eigenvalue weighted by Crippen LogP contribution is 2.24. The molecule has 0 atom stereocenters. The van der Waals surface area contributed by atoms with Crippen molar-refractivity contribution in [3.05, 3.63) is 58.6 Å². The standard InChI is InChI=1S/C20H23ClN2O3/c1-25-18-11-16(12-19(13-18)26-2)20(24)23-9-7-22(8-10-23)14-15-3-5-17(21)6-4-15/h3-6,11-13H,7-10,14H2,1-2H3. The van der Waals surface area contributed by atoms with Crippen molar-refractivity contribution in [1.82, 2.24) is 9.80 Å². The van der Waals surface area contributed by atoms with Gasteiger partial charge in [-0.05, 0) is 29.8 Å². The highest BCUT2D eigenvalue weighted by Gasteiger charge is 2.23. The summed E-state index contributed by atoms with van der Waals surface area (Å²) < 4.78 is 10.5. The first-order chi connectivity index (χ1) is 12.6. The van der Waals surface area contributed by atoms with E-state index < -0.39 is 0 Å². The lowest BCUT2D eigenvalue weighted by atomic mass is 10.1. The van der Waals surface area contributed by atoms with Crippen LogP contribution in [0.5, 0.6) is 11.5 Å². The molecule has 2 aromatic carbocycles. The summed E-state index contributed by atoms with van der Waals surface area (Å²) in [5, 5.41) is 0.748. The SMILES string of the molecule is COc1cc(OC)cc(C(=O)N2CCN(Cc3ccc(Cl)cc3)CC2)c1. The van der Waals surface area contributed by atoms with Crippen molar-refractivity contribution in [1.29, 1.82) is 0 Å². The number of halogens is 1. The van der Waals surface area contributed by atoms with E-state index in [0.717, 1.165) is 24.7 Å². The molecule has 0 aromatic heterocycles. The highest BCUT2D eigenvalue weighted by molar-refractivity contribution is 6.30. The zero-order chi connectivity index (χ0) is 18.5. The van der Waals surface area contributed by atoms with Crippen LogP contribution < -0.4 is 9.47 Å². The van der Waals surface area contributed by atoms with Gasteiger partial charge in [-0.2, -0.15) is 0 Å². The molecule has 1 saturated heterocycles. The minimum Gasteiger partial charge on any atom is -0.497 e. The summed E-state index contributed by atoms with van der Waals surface area (Å²) in [5.41, 5.74) is 1.82. The zero-order valence-electron chi connectivity index (χ0n) is 15.1. The van der Waals surface area contributed by atoms with Gasteiger partial charge in [0.05, 0.1) is 14.2 Å². The van der Waals surface area contributed by atoms with Crippen LogP contribution in [-0.4, -0.2) is 56.1 Å². The molecule has 1 aliphatic rings. The lowest BCUT2D eigenvalue weighted by molar-refractivity contribution is 0.0628. The number of hydrogen-bond donors (Lipinski definition) is 0. The average Bonchev–Trinajstić information content (AvgIpc) is 2.69. The molecular formula is C20H23ClN2O3. The average molecular weight is 375 g/mol. The largest absolute Gasteiger partial charge is 0.497 e. The fourth-order valence-corrected chi connectivity index (χ4v) is 3.20. The molecule has 5 nitrogen and oxygen atoms in total. The van der Waals surface area contributed by atoms with Crippen molar-refractivity contribution in [3.8, 4) is 11.5 Å². The lowest BCUT2D eigenvalue weighted by Crippen LogP contribution is -2.48. The minimum absolute atomic E-state index is 0.00772. The predicted octanol–water partition coefficient (Wildman–Crippen LogP) is 3.32. The Bertz CT molecular complexity index is 734. The van der Waals surface area contributed by atoms with E-state index in [0.29, 0.717) is 30.2 Å². The molecule has 0 bridgehead atoms. The second kappa shape index (κ2) is 8.43. The van der Waals surface area contributed by atoms with Gasteiger partial charge in [0.1, 0.15) is 11.5 Å². The normalized spacial score (nSPS) is 15.0. The number of nitrogens with zero attached hydrogens (tertiary/aromatic N) is 2. The number of carbonyl (C=O) groups is 1. The van der Waals surface area contributed by atoms with Crippen LogP contribution in [0.1, 0.15) is 15.9 Å². The van der Waals surface area contributed by atoms with Gasteiger partial charge in [-0.1, -0.05) is 23.7 Å². The van der Waals surface area contributed by atoms with Gasteiger partial charge in [-0.25, -0.2) is 0 Å². The Morgan fingerprint density at radius 2 is 1.54 bits per heavy atom. The summed E-state index contributed by atoms with van der Waals surface area (Å²) in [5.74, 6) is 1.25. The van der Waals surface area contributed by atoms with E-state index in [-0.39, 0.29) is 5.91 Å². The van der Waals surface area contributed by atoms with Crippen LogP contribution in [0.2, 0.25) is 5.02 Å². The molecule has 0 saturated carbocycles. The second-order valence-corrected chi connectivity index (χ2v) is 6.73. The Hall–Kier alpha value is -2.24. The first-order valence-corrected chi connectivity index (χ1v) is 8.96. The van der Waals surface area contributed by atoms with Gasteiger partial charge in [0.15, 0.2) is 0 Å². The van der Waals surface area contributed by atoms with E-state index in [2.05, 4.69) is 4.90 Å². The van der Waals surface area contributed by atoms with E-state index in [1.165, 1.54) is 5.56 Å². The molecule has 0 radical (unpaired) electrons. The Labute approximate surface area is 159 Å². The maximum Gasteiger partial charge on any atom is 0.254 e. The molecule has 0 N–H and O–H groups in total. The number of benzene rings is 2. The third-order valence-corrected chi connectivity index (χ3v) is 4.83. The second-order valence-electron chi connectivity index (χ2n) is 6.30. The zero-order valence-corrected chi connectivity index (χ0v) is 15.8. The number of piperazine rings is 1. The molecule has 2 aromatic rings. The van der Waals surface area contributed by atoms with Crippen LogP contribution in [0.3, 0.4) is 0 Å². The van der Waals surface area contributed by atoms with Crippen LogP contribution >= 0.6 is 11.6 Å². The molecule has 0 unspecified atom stereocenters. The number of carbonyl (C=O) groups excluding carboxylic acids is 1. The van der Waals surface area contributed by atoms with Crippen molar-refractivity contribution in [2.45, 2.75) is 6.54 Å². The van der Waals surface area contributed by atoms with E-state index in [1.54, 1.807) is 32.4 Å². The van der Waals surface area contributed by atoms with Crippen LogP contribution in [0.4, 0.5) is 0 Å². The Morgan fingerprint density at radius 3 is 2.08 bits per heavy atom. The molecule has 0 aliphatic carbocycles. The van der Waals surface area contributed by atoms with Crippen LogP contribution in [0.15, 0.2) is 42.5 Å². The van der Waals surface area contributed by atoms with Crippen LogP contribution in [0.25, 0.3) is 0 Å². The van der Waals surface area contributed by atoms with Gasteiger partial charge in [-0.15, -0.1) is 0 Å². The summed E-state index contributed by atoms with van der Waals surface area (Å²) in [7, 11) is 3.16. The third-order valence-electron chi connectivity index (χ3n) is 4.58. The van der Waals surface area contributed by atoms with Crippen molar-refractivity contribution in [3.63, 3.8) is 0 Å². The fourth-order valence-electron chi connectivity index (χ4n) is 3.07.